The monoisotopic (exact) mass is 411 g/mol. The first kappa shape index (κ1) is 21.2. The number of nitrogens with one attached hydrogen (secondary N) is 1. The fourth-order valence-corrected chi connectivity index (χ4v) is 2.79. The van der Waals surface area contributed by atoms with Crippen LogP contribution in [-0.4, -0.2) is 36.4 Å². The molecule has 0 fully saturated rings. The van der Waals surface area contributed by atoms with Gasteiger partial charge in [0, 0.05) is 30.2 Å². The van der Waals surface area contributed by atoms with Gasteiger partial charge in [0.15, 0.2) is 11.5 Å². The number of aryl methyl sites for hydroxylation is 1. The number of methoxy groups -OCH3 is 1. The Bertz CT molecular complexity index is 969. The van der Waals surface area contributed by atoms with E-state index in [1.54, 1.807) is 25.3 Å². The molecule has 0 aliphatic heterocycles. The van der Waals surface area contributed by atoms with Crippen LogP contribution in [0.1, 0.15) is 26.2 Å². The molecule has 1 heterocycles. The van der Waals surface area contributed by atoms with Crippen molar-refractivity contribution < 1.29 is 23.5 Å². The van der Waals surface area contributed by atoms with Crippen LogP contribution < -0.4 is 19.5 Å². The Kier molecular flexibility index (Phi) is 7.26. The van der Waals surface area contributed by atoms with Crippen molar-refractivity contribution in [1.82, 2.24) is 10.1 Å². The number of carbonyl (C=O) groups excluding carboxylic acids is 1. The number of aromatic nitrogens is 2. The largest absolute Gasteiger partial charge is 0.497 e. The summed E-state index contributed by atoms with van der Waals surface area (Å²) in [7, 11) is 1.61. The number of anilines is 1. The fourth-order valence-electron chi connectivity index (χ4n) is 2.79. The molecule has 0 bridgehead atoms. The minimum atomic E-state index is -0.161. The minimum Gasteiger partial charge on any atom is -0.497 e. The van der Waals surface area contributed by atoms with Crippen molar-refractivity contribution in [3.8, 4) is 28.6 Å². The molecular weight excluding hydrogens is 386 g/mol. The predicted molar refractivity (Wildman–Crippen MR) is 112 cm³/mol. The maximum absolute atomic E-state index is 12.3. The van der Waals surface area contributed by atoms with Gasteiger partial charge in [-0.1, -0.05) is 5.16 Å². The quantitative estimate of drug-likeness (QED) is 0.536. The van der Waals surface area contributed by atoms with Gasteiger partial charge in [0.1, 0.15) is 5.75 Å². The molecule has 0 aliphatic carbocycles. The first-order valence-corrected chi connectivity index (χ1v) is 9.79. The molecule has 30 heavy (non-hydrogen) atoms. The fraction of sp³-hybridized carbons (Fsp3) is 0.318. The molecule has 1 N–H and O–H groups in total. The molecule has 8 nitrogen and oxygen atoms in total. The molecule has 0 spiro atoms. The van der Waals surface area contributed by atoms with E-state index >= 15 is 0 Å². The SMILES string of the molecule is CCOc1ccc(NC(=O)CCc2nc(-c3ccc(OC)cc3)no2)cc1OCC. The second kappa shape index (κ2) is 10.3. The highest BCUT2D eigenvalue weighted by Crippen LogP contribution is 2.30. The molecule has 0 aliphatic rings. The van der Waals surface area contributed by atoms with Gasteiger partial charge in [-0.25, -0.2) is 0 Å². The second-order valence-corrected chi connectivity index (χ2v) is 6.32. The van der Waals surface area contributed by atoms with Gasteiger partial charge in [0.05, 0.1) is 20.3 Å². The van der Waals surface area contributed by atoms with E-state index in [0.717, 1.165) is 11.3 Å². The minimum absolute atomic E-state index is 0.161. The lowest BCUT2D eigenvalue weighted by molar-refractivity contribution is -0.116. The summed E-state index contributed by atoms with van der Waals surface area (Å²) in [4.78, 5) is 16.7. The molecule has 2 aromatic carbocycles. The van der Waals surface area contributed by atoms with E-state index in [2.05, 4.69) is 15.5 Å². The van der Waals surface area contributed by atoms with Crippen molar-refractivity contribution in [2.24, 2.45) is 0 Å². The second-order valence-electron chi connectivity index (χ2n) is 6.32. The summed E-state index contributed by atoms with van der Waals surface area (Å²) in [6.45, 7) is 4.84. The van der Waals surface area contributed by atoms with Crippen molar-refractivity contribution in [1.29, 1.82) is 0 Å². The summed E-state index contributed by atoms with van der Waals surface area (Å²) in [5.74, 6) is 2.71. The number of hydrogen-bond donors (Lipinski definition) is 1. The maximum atomic E-state index is 12.3. The number of nitrogens with zero attached hydrogens (tertiary/aromatic N) is 2. The molecule has 0 radical (unpaired) electrons. The Morgan fingerprint density at radius 2 is 1.77 bits per heavy atom. The van der Waals surface area contributed by atoms with Gasteiger partial charge in [-0.2, -0.15) is 4.98 Å². The number of benzene rings is 2. The summed E-state index contributed by atoms with van der Waals surface area (Å²) in [5, 5.41) is 6.83. The van der Waals surface area contributed by atoms with E-state index < -0.39 is 0 Å². The Labute approximate surface area is 175 Å². The van der Waals surface area contributed by atoms with Crippen LogP contribution in [0, 0.1) is 0 Å². The van der Waals surface area contributed by atoms with Crippen LogP contribution in [0.25, 0.3) is 11.4 Å². The van der Waals surface area contributed by atoms with Crippen molar-refractivity contribution in [3.63, 3.8) is 0 Å². The highest BCUT2D eigenvalue weighted by Gasteiger charge is 2.12. The van der Waals surface area contributed by atoms with Crippen LogP contribution in [-0.2, 0) is 11.2 Å². The van der Waals surface area contributed by atoms with E-state index in [-0.39, 0.29) is 12.3 Å². The summed E-state index contributed by atoms with van der Waals surface area (Å²) < 4.78 is 21.5. The van der Waals surface area contributed by atoms with Gasteiger partial charge >= 0.3 is 0 Å². The smallest absolute Gasteiger partial charge is 0.227 e. The summed E-state index contributed by atoms with van der Waals surface area (Å²) in [5.41, 5.74) is 1.45. The van der Waals surface area contributed by atoms with Crippen LogP contribution in [0.4, 0.5) is 5.69 Å². The molecule has 0 saturated carbocycles. The summed E-state index contributed by atoms with van der Waals surface area (Å²) in [6, 6.07) is 12.7. The van der Waals surface area contributed by atoms with E-state index in [1.165, 1.54) is 0 Å². The third kappa shape index (κ3) is 5.50. The van der Waals surface area contributed by atoms with Crippen molar-refractivity contribution in [3.05, 3.63) is 48.4 Å². The normalized spacial score (nSPS) is 10.5. The van der Waals surface area contributed by atoms with Crippen LogP contribution in [0.5, 0.6) is 17.2 Å². The molecule has 8 heteroatoms. The van der Waals surface area contributed by atoms with Crippen LogP contribution in [0.15, 0.2) is 47.0 Å². The van der Waals surface area contributed by atoms with Gasteiger partial charge in [-0.15, -0.1) is 0 Å². The van der Waals surface area contributed by atoms with Crippen molar-refractivity contribution >= 4 is 11.6 Å². The maximum Gasteiger partial charge on any atom is 0.227 e. The lowest BCUT2D eigenvalue weighted by atomic mass is 10.2. The Morgan fingerprint density at radius 1 is 1.03 bits per heavy atom. The molecular formula is C22H25N3O5. The van der Waals surface area contributed by atoms with Gasteiger partial charge in [0.25, 0.3) is 0 Å². The first-order valence-electron chi connectivity index (χ1n) is 9.79. The molecule has 0 saturated heterocycles. The number of carbonyl (C=O) groups is 1. The zero-order chi connectivity index (χ0) is 21.3. The highest BCUT2D eigenvalue weighted by atomic mass is 16.5. The Hall–Kier alpha value is -3.55. The molecule has 3 rings (SSSR count). The molecule has 158 valence electrons. The summed E-state index contributed by atoms with van der Waals surface area (Å²) >= 11 is 0. The van der Waals surface area contributed by atoms with Gasteiger partial charge in [0.2, 0.25) is 17.6 Å². The third-order valence-electron chi connectivity index (χ3n) is 4.21. The lowest BCUT2D eigenvalue weighted by Gasteiger charge is -2.12. The van der Waals surface area contributed by atoms with Crippen molar-refractivity contribution in [2.45, 2.75) is 26.7 Å². The molecule has 1 aromatic heterocycles. The first-order chi connectivity index (χ1) is 14.6. The average Bonchev–Trinajstić information content (AvgIpc) is 3.24. The number of ether oxygens (including phenoxy) is 3. The number of hydrogen-bond acceptors (Lipinski definition) is 7. The van der Waals surface area contributed by atoms with E-state index in [0.29, 0.717) is 48.5 Å². The standard InChI is InChI=1S/C22H25N3O5/c1-4-28-18-11-8-16(14-19(18)29-5-2)23-20(26)12-13-21-24-22(25-30-21)15-6-9-17(27-3)10-7-15/h6-11,14H,4-5,12-13H2,1-3H3,(H,23,26). The number of amides is 1. The van der Waals surface area contributed by atoms with Crippen LogP contribution >= 0.6 is 0 Å². The zero-order valence-electron chi connectivity index (χ0n) is 17.3. The van der Waals surface area contributed by atoms with Crippen molar-refractivity contribution in [2.75, 3.05) is 25.6 Å². The lowest BCUT2D eigenvalue weighted by Crippen LogP contribution is -2.12. The van der Waals surface area contributed by atoms with Crippen LogP contribution in [0.3, 0.4) is 0 Å². The van der Waals surface area contributed by atoms with E-state index in [9.17, 15) is 4.79 Å². The zero-order valence-corrected chi connectivity index (χ0v) is 17.3. The average molecular weight is 411 g/mol. The third-order valence-corrected chi connectivity index (χ3v) is 4.21. The van der Waals surface area contributed by atoms with Crippen LogP contribution in [0.2, 0.25) is 0 Å². The van der Waals surface area contributed by atoms with Gasteiger partial charge in [-0.05, 0) is 50.2 Å². The molecule has 3 aromatic rings. The Morgan fingerprint density at radius 3 is 2.47 bits per heavy atom. The number of rotatable bonds is 10. The highest BCUT2D eigenvalue weighted by molar-refractivity contribution is 5.91. The molecule has 1 amide bonds. The molecule has 0 atom stereocenters. The van der Waals surface area contributed by atoms with E-state index in [4.69, 9.17) is 18.7 Å². The van der Waals surface area contributed by atoms with E-state index in [1.807, 2.05) is 38.1 Å². The molecule has 0 unspecified atom stereocenters. The predicted octanol–water partition coefficient (Wildman–Crippen LogP) is 4.11. The van der Waals surface area contributed by atoms with Gasteiger partial charge in [-0.3, -0.25) is 4.79 Å². The summed E-state index contributed by atoms with van der Waals surface area (Å²) in [6.07, 6.45) is 0.547. The Balaban J connectivity index is 1.57. The topological polar surface area (TPSA) is 95.7 Å². The van der Waals surface area contributed by atoms with Gasteiger partial charge < -0.3 is 24.1 Å².